The Morgan fingerprint density at radius 1 is 0.405 bits per heavy atom. The van der Waals surface area contributed by atoms with Gasteiger partial charge in [0.1, 0.15) is 105 Å². The van der Waals surface area contributed by atoms with Crippen molar-refractivity contribution in [1.29, 1.82) is 0 Å². The molecule has 2 fully saturated rings. The summed E-state index contributed by atoms with van der Waals surface area (Å²) in [6.07, 6.45) is 0. The average Bonchev–Trinajstić information content (AvgIpc) is 2.83. The predicted molar refractivity (Wildman–Crippen MR) is 150 cm³/mol. The first-order valence-electron chi connectivity index (χ1n) is 14.4. The number of carbonyl (C=O) groups excluding carboxylic acids is 4. The molecule has 0 aromatic rings. The van der Waals surface area contributed by atoms with E-state index in [2.05, 4.69) is 28.2 Å². The highest BCUT2D eigenvalue weighted by atomic mass is 35.5. The van der Waals surface area contributed by atoms with E-state index in [1.807, 2.05) is 0 Å². The third-order valence-electron chi connectivity index (χ3n) is 8.46. The fourth-order valence-electron chi connectivity index (χ4n) is 4.91. The SMILES string of the molecule is CC(=O)OCC[N+]1(C)CC[N+](C)(CCOC(C)=O)CC1.CC(=O)OCC[N+]1(C)CC[N+](C)(CCOC(C)=O)CC1.[Cl-].[Cl-]. The molecule has 0 amide bonds. The van der Waals surface area contributed by atoms with Gasteiger partial charge in [0.05, 0.1) is 28.2 Å². The largest absolute Gasteiger partial charge is 1.00 e. The Morgan fingerprint density at radius 2 is 0.548 bits per heavy atom. The normalized spacial score (nSPS) is 28.4. The van der Waals surface area contributed by atoms with Gasteiger partial charge in [0.25, 0.3) is 0 Å². The Hall–Kier alpha value is -1.70. The first-order chi connectivity index (χ1) is 18.5. The summed E-state index contributed by atoms with van der Waals surface area (Å²) in [5, 5.41) is 0. The van der Waals surface area contributed by atoms with Crippen molar-refractivity contribution in [2.24, 2.45) is 0 Å². The molecule has 0 aromatic carbocycles. The van der Waals surface area contributed by atoms with Gasteiger partial charge < -0.3 is 61.7 Å². The van der Waals surface area contributed by atoms with E-state index >= 15 is 0 Å². The van der Waals surface area contributed by atoms with Gasteiger partial charge in [-0.3, -0.25) is 19.2 Å². The van der Waals surface area contributed by atoms with Crippen LogP contribution in [0.1, 0.15) is 27.7 Å². The van der Waals surface area contributed by atoms with E-state index in [0.717, 1.165) is 96.5 Å². The molecule has 0 radical (unpaired) electrons. The predicted octanol–water partition coefficient (Wildman–Crippen LogP) is -5.95. The average molecular weight is 648 g/mol. The molecule has 2 heterocycles. The molecule has 42 heavy (non-hydrogen) atoms. The highest BCUT2D eigenvalue weighted by Crippen LogP contribution is 2.16. The smallest absolute Gasteiger partial charge is 0.302 e. The summed E-state index contributed by atoms with van der Waals surface area (Å²) in [7, 11) is 8.83. The molecule has 2 saturated heterocycles. The van der Waals surface area contributed by atoms with E-state index in [0.29, 0.717) is 26.4 Å². The third kappa shape index (κ3) is 18.1. The summed E-state index contributed by atoms with van der Waals surface area (Å²) >= 11 is 0. The third-order valence-corrected chi connectivity index (χ3v) is 8.46. The van der Waals surface area contributed by atoms with E-state index in [-0.39, 0.29) is 48.7 Å². The minimum atomic E-state index is -0.212. The maximum absolute atomic E-state index is 10.8. The lowest BCUT2D eigenvalue weighted by Gasteiger charge is -2.46. The van der Waals surface area contributed by atoms with Crippen LogP contribution in [0.3, 0.4) is 0 Å². The van der Waals surface area contributed by atoms with Crippen molar-refractivity contribution in [3.05, 3.63) is 0 Å². The zero-order chi connectivity index (χ0) is 30.5. The number of piperazine rings is 2. The van der Waals surface area contributed by atoms with Crippen LogP contribution in [0.25, 0.3) is 0 Å². The molecular formula is C28H56Cl2N4O8+2. The van der Waals surface area contributed by atoms with Crippen LogP contribution in [-0.4, -0.2) is 175 Å². The topological polar surface area (TPSA) is 105 Å². The Balaban J connectivity index is 0. The van der Waals surface area contributed by atoms with Crippen molar-refractivity contribution in [1.82, 2.24) is 0 Å². The van der Waals surface area contributed by atoms with E-state index in [1.165, 1.54) is 27.7 Å². The van der Waals surface area contributed by atoms with Crippen LogP contribution in [0.15, 0.2) is 0 Å². The van der Waals surface area contributed by atoms with Gasteiger partial charge in [-0.15, -0.1) is 0 Å². The maximum Gasteiger partial charge on any atom is 0.302 e. The summed E-state index contributed by atoms with van der Waals surface area (Å²) in [5.74, 6) is -0.850. The molecule has 0 aliphatic carbocycles. The van der Waals surface area contributed by atoms with Gasteiger partial charge in [0, 0.05) is 27.7 Å². The number of quaternary nitrogens is 4. The second-order valence-corrected chi connectivity index (χ2v) is 12.5. The Bertz CT molecular complexity index is 710. The molecule has 0 bridgehead atoms. The molecule has 0 aromatic heterocycles. The second kappa shape index (κ2) is 19.6. The van der Waals surface area contributed by atoms with Crippen LogP contribution in [0.5, 0.6) is 0 Å². The molecule has 248 valence electrons. The highest BCUT2D eigenvalue weighted by Gasteiger charge is 2.38. The number of hydrogen-bond acceptors (Lipinski definition) is 8. The number of nitrogens with zero attached hydrogens (tertiary/aromatic N) is 4. The summed E-state index contributed by atoms with van der Waals surface area (Å²) in [5.41, 5.74) is 0. The minimum absolute atomic E-state index is 0. The van der Waals surface area contributed by atoms with Crippen molar-refractivity contribution in [2.75, 3.05) is 133 Å². The van der Waals surface area contributed by atoms with E-state index < -0.39 is 0 Å². The van der Waals surface area contributed by atoms with Crippen molar-refractivity contribution in [3.8, 4) is 0 Å². The molecule has 0 N–H and O–H groups in total. The van der Waals surface area contributed by atoms with E-state index in [9.17, 15) is 19.2 Å². The van der Waals surface area contributed by atoms with Gasteiger partial charge >= 0.3 is 23.9 Å². The standard InChI is InChI=1S/2C14H28N2O4.2ClH/c2*1-13(17)19-11-9-15(3)5-7-16(4,8-6-15)10-12-20-14(2)18;;/h2*5-12H2,1-4H3;2*1H/q2*+2;;/p-2. The molecule has 0 atom stereocenters. The van der Waals surface area contributed by atoms with Gasteiger partial charge in [0.2, 0.25) is 0 Å². The maximum atomic E-state index is 10.8. The summed E-state index contributed by atoms with van der Waals surface area (Å²) in [6, 6.07) is 0. The quantitative estimate of drug-likeness (QED) is 0.117. The number of likely N-dealkylation sites (N-methyl/N-ethyl adjacent to an activating group) is 4. The van der Waals surface area contributed by atoms with Gasteiger partial charge in [-0.2, -0.15) is 0 Å². The van der Waals surface area contributed by atoms with Gasteiger partial charge in [-0.25, -0.2) is 0 Å². The van der Waals surface area contributed by atoms with Crippen LogP contribution in [-0.2, 0) is 38.1 Å². The number of ether oxygens (including phenoxy) is 4. The molecule has 2 aliphatic heterocycles. The lowest BCUT2D eigenvalue weighted by Crippen LogP contribution is -3.00. The second-order valence-electron chi connectivity index (χ2n) is 12.5. The van der Waals surface area contributed by atoms with Crippen LogP contribution in [0.4, 0.5) is 0 Å². The number of rotatable bonds is 12. The molecule has 0 spiro atoms. The molecule has 12 nitrogen and oxygen atoms in total. The van der Waals surface area contributed by atoms with Crippen molar-refractivity contribution < 1.29 is 80.9 Å². The van der Waals surface area contributed by atoms with Gasteiger partial charge in [-0.1, -0.05) is 0 Å². The van der Waals surface area contributed by atoms with E-state index in [4.69, 9.17) is 18.9 Å². The fraction of sp³-hybridized carbons (Fsp3) is 0.857. The monoisotopic (exact) mass is 646 g/mol. The van der Waals surface area contributed by atoms with Crippen LogP contribution in [0.2, 0.25) is 0 Å². The lowest BCUT2D eigenvalue weighted by molar-refractivity contribution is -1.02. The molecule has 14 heteroatoms. The van der Waals surface area contributed by atoms with Crippen molar-refractivity contribution in [2.45, 2.75) is 27.7 Å². The number of halogens is 2. The summed E-state index contributed by atoms with van der Waals surface area (Å²) < 4.78 is 23.9. The molecule has 2 rings (SSSR count). The summed E-state index contributed by atoms with van der Waals surface area (Å²) in [6.45, 7) is 19.6. The number of hydrogen-bond donors (Lipinski definition) is 0. The van der Waals surface area contributed by atoms with E-state index in [1.54, 1.807) is 0 Å². The summed E-state index contributed by atoms with van der Waals surface area (Å²) in [4.78, 5) is 43.2. The lowest BCUT2D eigenvalue weighted by atomic mass is 10.2. The Kier molecular flexibility index (Phi) is 19.8. The first-order valence-corrected chi connectivity index (χ1v) is 14.4. The Morgan fingerprint density at radius 3 is 0.667 bits per heavy atom. The zero-order valence-corrected chi connectivity index (χ0v) is 28.6. The zero-order valence-electron chi connectivity index (χ0n) is 27.1. The number of carbonyl (C=O) groups is 4. The molecule has 2 aliphatic rings. The molecule has 0 unspecified atom stereocenters. The first kappa shape index (κ1) is 42.4. The number of esters is 4. The van der Waals surface area contributed by atoms with Gasteiger partial charge in [-0.05, 0) is 0 Å². The Labute approximate surface area is 265 Å². The fourth-order valence-corrected chi connectivity index (χ4v) is 4.91. The molecular weight excluding hydrogens is 591 g/mol. The van der Waals surface area contributed by atoms with Crippen molar-refractivity contribution >= 4 is 23.9 Å². The minimum Gasteiger partial charge on any atom is -1.00 e. The molecule has 0 saturated carbocycles. The van der Waals surface area contributed by atoms with Crippen LogP contribution >= 0.6 is 0 Å². The van der Waals surface area contributed by atoms with Crippen molar-refractivity contribution in [3.63, 3.8) is 0 Å². The highest BCUT2D eigenvalue weighted by molar-refractivity contribution is 5.66. The van der Waals surface area contributed by atoms with Crippen LogP contribution < -0.4 is 24.8 Å². The van der Waals surface area contributed by atoms with Crippen LogP contribution in [0, 0.1) is 0 Å². The van der Waals surface area contributed by atoms with Gasteiger partial charge in [0.15, 0.2) is 0 Å².